The van der Waals surface area contributed by atoms with Crippen LogP contribution < -0.4 is 0 Å². The van der Waals surface area contributed by atoms with Crippen LogP contribution in [-0.4, -0.2) is 43.5 Å². The average Bonchev–Trinajstić information content (AvgIpc) is 2.39. The van der Waals surface area contributed by atoms with Crippen molar-refractivity contribution in [3.63, 3.8) is 0 Å². The molecule has 2 rings (SSSR count). The first-order valence-corrected chi connectivity index (χ1v) is 7.60. The minimum Gasteiger partial charge on any atom is -0.377 e. The fourth-order valence-electron chi connectivity index (χ4n) is 2.41. The molecule has 1 aromatic rings. The molecule has 0 bridgehead atoms. The van der Waals surface area contributed by atoms with Crippen LogP contribution in [0.1, 0.15) is 29.6 Å². The van der Waals surface area contributed by atoms with Crippen molar-refractivity contribution in [3.8, 4) is 0 Å². The van der Waals surface area contributed by atoms with Gasteiger partial charge < -0.3 is 4.74 Å². The Balaban J connectivity index is 1.89. The van der Waals surface area contributed by atoms with E-state index in [0.717, 1.165) is 26.0 Å². The highest BCUT2D eigenvalue weighted by Gasteiger charge is 2.18. The number of likely N-dealkylation sites (N-methyl/N-ethyl adjacent to an activating group) is 1. The molecule has 0 aliphatic carbocycles. The number of halogens is 2. The summed E-state index contributed by atoms with van der Waals surface area (Å²) in [5.41, 5.74) is 0.521. The van der Waals surface area contributed by atoms with Crippen molar-refractivity contribution in [2.24, 2.45) is 0 Å². The third-order valence-electron chi connectivity index (χ3n) is 3.43. The van der Waals surface area contributed by atoms with Crippen LogP contribution >= 0.6 is 23.2 Å². The quantitative estimate of drug-likeness (QED) is 0.776. The van der Waals surface area contributed by atoms with Crippen molar-refractivity contribution < 1.29 is 9.53 Å². The minimum absolute atomic E-state index is 0.00461. The van der Waals surface area contributed by atoms with Crippen molar-refractivity contribution in [2.75, 3.05) is 26.7 Å². The summed E-state index contributed by atoms with van der Waals surface area (Å²) >= 11 is 11.9. The number of hydrogen-bond donors (Lipinski definition) is 0. The molecule has 5 heteroatoms. The van der Waals surface area contributed by atoms with E-state index in [1.807, 2.05) is 11.9 Å². The van der Waals surface area contributed by atoms with Crippen LogP contribution in [-0.2, 0) is 4.74 Å². The summed E-state index contributed by atoms with van der Waals surface area (Å²) in [6.45, 7) is 1.94. The van der Waals surface area contributed by atoms with Gasteiger partial charge in [0.25, 0.3) is 0 Å². The van der Waals surface area contributed by atoms with Gasteiger partial charge in [-0.2, -0.15) is 0 Å². The van der Waals surface area contributed by atoms with Crippen LogP contribution in [0.5, 0.6) is 0 Å². The van der Waals surface area contributed by atoms with Crippen molar-refractivity contribution in [3.05, 3.63) is 33.8 Å². The SMILES string of the molecule is CN(CC(=O)c1ccc(Cl)cc1Cl)CC1CCCCO1. The van der Waals surface area contributed by atoms with E-state index in [4.69, 9.17) is 27.9 Å². The van der Waals surface area contributed by atoms with Crippen LogP contribution in [0.2, 0.25) is 10.0 Å². The first-order valence-electron chi connectivity index (χ1n) is 6.84. The zero-order valence-electron chi connectivity index (χ0n) is 11.6. The Morgan fingerprint density at radius 2 is 2.20 bits per heavy atom. The van der Waals surface area contributed by atoms with Gasteiger partial charge in [0.1, 0.15) is 0 Å². The van der Waals surface area contributed by atoms with Crippen LogP contribution in [0, 0.1) is 0 Å². The number of Topliss-reactive ketones (excluding diaryl/α,β-unsaturated/α-hetero) is 1. The Kier molecular flexibility index (Phi) is 5.85. The molecule has 20 heavy (non-hydrogen) atoms. The zero-order valence-corrected chi connectivity index (χ0v) is 13.1. The first kappa shape index (κ1) is 15.8. The number of carbonyl (C=O) groups excluding carboxylic acids is 1. The summed E-state index contributed by atoms with van der Waals surface area (Å²) in [7, 11) is 1.93. The zero-order chi connectivity index (χ0) is 14.5. The van der Waals surface area contributed by atoms with E-state index in [1.165, 1.54) is 6.42 Å². The number of ketones is 1. The van der Waals surface area contributed by atoms with E-state index in [-0.39, 0.29) is 11.9 Å². The van der Waals surface area contributed by atoms with E-state index in [0.29, 0.717) is 22.2 Å². The molecular weight excluding hydrogens is 297 g/mol. The Morgan fingerprint density at radius 1 is 1.40 bits per heavy atom. The maximum Gasteiger partial charge on any atom is 0.178 e. The van der Waals surface area contributed by atoms with Gasteiger partial charge in [0.15, 0.2) is 5.78 Å². The van der Waals surface area contributed by atoms with E-state index in [9.17, 15) is 4.79 Å². The predicted molar refractivity (Wildman–Crippen MR) is 81.9 cm³/mol. The molecule has 110 valence electrons. The third kappa shape index (κ3) is 4.45. The van der Waals surface area contributed by atoms with Crippen LogP contribution in [0.25, 0.3) is 0 Å². The normalized spacial score (nSPS) is 19.3. The van der Waals surface area contributed by atoms with E-state index in [2.05, 4.69) is 0 Å². The van der Waals surface area contributed by atoms with Gasteiger partial charge in [-0.15, -0.1) is 0 Å². The van der Waals surface area contributed by atoms with Gasteiger partial charge in [0.05, 0.1) is 17.7 Å². The Morgan fingerprint density at radius 3 is 2.85 bits per heavy atom. The Bertz CT molecular complexity index is 473. The van der Waals surface area contributed by atoms with Crippen molar-refractivity contribution >= 4 is 29.0 Å². The fraction of sp³-hybridized carbons (Fsp3) is 0.533. The van der Waals surface area contributed by atoms with Gasteiger partial charge in [0, 0.05) is 23.7 Å². The Labute approximate surface area is 129 Å². The molecular formula is C15H19Cl2NO2. The van der Waals surface area contributed by atoms with E-state index < -0.39 is 0 Å². The highest BCUT2D eigenvalue weighted by atomic mass is 35.5. The number of nitrogens with zero attached hydrogens (tertiary/aromatic N) is 1. The molecule has 1 fully saturated rings. The highest BCUT2D eigenvalue weighted by Crippen LogP contribution is 2.21. The summed E-state index contributed by atoms with van der Waals surface area (Å²) in [5.74, 6) is 0.00461. The molecule has 1 aromatic carbocycles. The first-order chi connectivity index (χ1) is 9.56. The lowest BCUT2D eigenvalue weighted by molar-refractivity contribution is -0.000667. The molecule has 1 aliphatic heterocycles. The molecule has 1 saturated heterocycles. The van der Waals surface area contributed by atoms with Gasteiger partial charge >= 0.3 is 0 Å². The molecule has 3 nitrogen and oxygen atoms in total. The summed E-state index contributed by atoms with van der Waals surface area (Å²) in [6, 6.07) is 4.96. The molecule has 1 unspecified atom stereocenters. The summed E-state index contributed by atoms with van der Waals surface area (Å²) in [4.78, 5) is 14.2. The molecule has 0 spiro atoms. The second-order valence-corrected chi connectivity index (χ2v) is 6.08. The molecule has 0 aromatic heterocycles. The fourth-order valence-corrected chi connectivity index (χ4v) is 2.92. The second kappa shape index (κ2) is 7.41. The average molecular weight is 316 g/mol. The molecule has 1 atom stereocenters. The maximum atomic E-state index is 12.2. The molecule has 0 radical (unpaired) electrons. The molecule has 0 amide bonds. The predicted octanol–water partition coefficient (Wildman–Crippen LogP) is 3.68. The van der Waals surface area contributed by atoms with Crippen molar-refractivity contribution in [1.82, 2.24) is 4.90 Å². The lowest BCUT2D eigenvalue weighted by atomic mass is 10.1. The largest absolute Gasteiger partial charge is 0.377 e. The van der Waals surface area contributed by atoms with Crippen molar-refractivity contribution in [2.45, 2.75) is 25.4 Å². The van der Waals surface area contributed by atoms with Gasteiger partial charge in [-0.25, -0.2) is 0 Å². The maximum absolute atomic E-state index is 12.2. The standard InChI is InChI=1S/C15H19Cl2NO2/c1-18(9-12-4-2-3-7-20-12)10-15(19)13-6-5-11(16)8-14(13)17/h5-6,8,12H,2-4,7,9-10H2,1H3. The number of benzene rings is 1. The smallest absolute Gasteiger partial charge is 0.178 e. The summed E-state index contributed by atoms with van der Waals surface area (Å²) < 4.78 is 5.68. The van der Waals surface area contributed by atoms with Gasteiger partial charge in [-0.1, -0.05) is 23.2 Å². The molecule has 0 saturated carbocycles. The number of carbonyl (C=O) groups is 1. The van der Waals surface area contributed by atoms with Crippen molar-refractivity contribution in [1.29, 1.82) is 0 Å². The van der Waals surface area contributed by atoms with Gasteiger partial charge in [0.2, 0.25) is 0 Å². The minimum atomic E-state index is 0.00461. The van der Waals surface area contributed by atoms with Crippen LogP contribution in [0.3, 0.4) is 0 Å². The third-order valence-corrected chi connectivity index (χ3v) is 3.98. The number of hydrogen-bond acceptors (Lipinski definition) is 3. The molecule has 0 N–H and O–H groups in total. The van der Waals surface area contributed by atoms with E-state index >= 15 is 0 Å². The summed E-state index contributed by atoms with van der Waals surface area (Å²) in [6.07, 6.45) is 3.65. The molecule has 1 heterocycles. The monoisotopic (exact) mass is 315 g/mol. The topological polar surface area (TPSA) is 29.5 Å². The van der Waals surface area contributed by atoms with Gasteiger partial charge in [-0.3, -0.25) is 9.69 Å². The highest BCUT2D eigenvalue weighted by molar-refractivity contribution is 6.36. The Hall–Kier alpha value is -0.610. The summed E-state index contributed by atoms with van der Waals surface area (Å²) in [5, 5.41) is 0.945. The second-order valence-electron chi connectivity index (χ2n) is 5.23. The van der Waals surface area contributed by atoms with E-state index in [1.54, 1.807) is 18.2 Å². The van der Waals surface area contributed by atoms with Crippen LogP contribution in [0.15, 0.2) is 18.2 Å². The molecule has 1 aliphatic rings. The lowest BCUT2D eigenvalue weighted by Crippen LogP contribution is -2.36. The number of ether oxygens (including phenoxy) is 1. The van der Waals surface area contributed by atoms with Crippen LogP contribution in [0.4, 0.5) is 0 Å². The lowest BCUT2D eigenvalue weighted by Gasteiger charge is -2.27. The van der Waals surface area contributed by atoms with Gasteiger partial charge in [-0.05, 0) is 44.5 Å². The number of rotatable bonds is 5.